The van der Waals surface area contributed by atoms with E-state index in [1.165, 1.54) is 19.2 Å². The van der Waals surface area contributed by atoms with E-state index in [-0.39, 0.29) is 28.2 Å². The first-order chi connectivity index (χ1) is 15.3. The Morgan fingerprint density at radius 1 is 1.16 bits per heavy atom. The summed E-state index contributed by atoms with van der Waals surface area (Å²) in [5.41, 5.74) is 1.75. The summed E-state index contributed by atoms with van der Waals surface area (Å²) in [7, 11) is -2.43. The predicted octanol–water partition coefficient (Wildman–Crippen LogP) is 4.72. The second kappa shape index (κ2) is 9.17. The fraction of sp³-hybridized carbons (Fsp3) is 0.391. The van der Waals surface area contributed by atoms with Crippen LogP contribution in [-0.4, -0.2) is 32.5 Å². The molecule has 32 heavy (non-hydrogen) atoms. The highest BCUT2D eigenvalue weighted by atomic mass is 32.2. The number of benzene rings is 2. The second-order valence-electron chi connectivity index (χ2n) is 8.22. The van der Waals surface area contributed by atoms with Crippen LogP contribution in [0.25, 0.3) is 10.2 Å². The number of sulfonamides is 1. The molecular formula is C23H27N3O4S2. The average molecular weight is 474 g/mol. The molecule has 2 atom stereocenters. The van der Waals surface area contributed by atoms with Gasteiger partial charge in [-0.1, -0.05) is 19.8 Å². The topological polar surface area (TPSA) is 97.4 Å². The molecule has 7 nitrogen and oxygen atoms in total. The first-order valence-corrected chi connectivity index (χ1v) is 13.0. The van der Waals surface area contributed by atoms with Gasteiger partial charge in [-0.05, 0) is 62.1 Å². The number of nitrogens with zero attached hydrogens (tertiary/aromatic N) is 1. The molecule has 1 aliphatic carbocycles. The quantitative estimate of drug-likeness (QED) is 0.540. The number of thiazole rings is 1. The van der Waals surface area contributed by atoms with Gasteiger partial charge in [-0.3, -0.25) is 4.79 Å². The number of amides is 1. The van der Waals surface area contributed by atoms with E-state index in [4.69, 9.17) is 4.74 Å². The van der Waals surface area contributed by atoms with Crippen LogP contribution < -0.4 is 14.8 Å². The first-order valence-electron chi connectivity index (χ1n) is 10.7. The summed E-state index contributed by atoms with van der Waals surface area (Å²) in [6.45, 7) is 4.00. The van der Waals surface area contributed by atoms with Gasteiger partial charge in [-0.15, -0.1) is 11.3 Å². The first kappa shape index (κ1) is 22.7. The van der Waals surface area contributed by atoms with Crippen LogP contribution in [0, 0.1) is 12.8 Å². The van der Waals surface area contributed by atoms with Crippen molar-refractivity contribution in [3.63, 3.8) is 0 Å². The maximum atomic E-state index is 13.2. The number of ether oxygens (including phenoxy) is 1. The third-order valence-corrected chi connectivity index (χ3v) is 8.33. The maximum absolute atomic E-state index is 13.2. The monoisotopic (exact) mass is 473 g/mol. The lowest BCUT2D eigenvalue weighted by atomic mass is 9.87. The number of rotatable bonds is 6. The largest absolute Gasteiger partial charge is 0.495 e. The van der Waals surface area contributed by atoms with Crippen LogP contribution in [0.2, 0.25) is 0 Å². The number of aryl methyl sites for hydroxylation is 1. The van der Waals surface area contributed by atoms with Crippen molar-refractivity contribution in [3.8, 4) is 5.75 Å². The molecule has 1 saturated carbocycles. The minimum atomic E-state index is -3.85. The Morgan fingerprint density at radius 2 is 1.94 bits per heavy atom. The molecule has 1 aliphatic rings. The number of hydrogen-bond acceptors (Lipinski definition) is 6. The summed E-state index contributed by atoms with van der Waals surface area (Å²) in [5, 5.41) is 3.80. The molecule has 1 aromatic heterocycles. The Bertz CT molecular complexity index is 1250. The molecule has 3 aromatic rings. The van der Waals surface area contributed by atoms with Crippen molar-refractivity contribution in [3.05, 3.63) is 47.0 Å². The molecule has 1 heterocycles. The number of fused-ring (bicyclic) bond motifs is 1. The molecule has 2 unspecified atom stereocenters. The Balaban J connectivity index is 1.59. The van der Waals surface area contributed by atoms with Gasteiger partial charge in [-0.25, -0.2) is 18.1 Å². The molecule has 9 heteroatoms. The van der Waals surface area contributed by atoms with Crippen molar-refractivity contribution in [1.29, 1.82) is 0 Å². The maximum Gasteiger partial charge on any atom is 0.255 e. The number of aromatic nitrogens is 1. The Labute approximate surface area is 192 Å². The van der Waals surface area contributed by atoms with Gasteiger partial charge in [0.05, 0.1) is 22.3 Å². The minimum absolute atomic E-state index is 0.0287. The van der Waals surface area contributed by atoms with E-state index < -0.39 is 15.9 Å². The van der Waals surface area contributed by atoms with Gasteiger partial charge < -0.3 is 10.1 Å². The van der Waals surface area contributed by atoms with Crippen LogP contribution in [0.5, 0.6) is 5.75 Å². The molecule has 4 rings (SSSR count). The lowest BCUT2D eigenvalue weighted by molar-refractivity contribution is 0.102. The fourth-order valence-electron chi connectivity index (χ4n) is 4.10. The summed E-state index contributed by atoms with van der Waals surface area (Å²) in [6, 6.07) is 9.84. The summed E-state index contributed by atoms with van der Waals surface area (Å²) in [6.07, 6.45) is 3.92. The number of methoxy groups -OCH3 is 1. The van der Waals surface area contributed by atoms with Gasteiger partial charge in [0, 0.05) is 17.3 Å². The van der Waals surface area contributed by atoms with Crippen LogP contribution >= 0.6 is 11.3 Å². The van der Waals surface area contributed by atoms with E-state index in [1.54, 1.807) is 23.5 Å². The lowest BCUT2D eigenvalue weighted by Gasteiger charge is -2.29. The zero-order valence-corrected chi connectivity index (χ0v) is 20.0. The Kier molecular flexibility index (Phi) is 6.50. The van der Waals surface area contributed by atoms with Gasteiger partial charge in [0.2, 0.25) is 10.0 Å². The molecule has 0 saturated heterocycles. The van der Waals surface area contributed by atoms with E-state index in [0.717, 1.165) is 40.9 Å². The third-order valence-electron chi connectivity index (χ3n) is 5.89. The summed E-state index contributed by atoms with van der Waals surface area (Å²) < 4.78 is 35.5. The van der Waals surface area contributed by atoms with Gasteiger partial charge >= 0.3 is 0 Å². The summed E-state index contributed by atoms with van der Waals surface area (Å²) in [5.74, 6) is 0.0797. The number of hydrogen-bond donors (Lipinski definition) is 2. The van der Waals surface area contributed by atoms with Gasteiger partial charge in [0.1, 0.15) is 10.6 Å². The number of carbonyl (C=O) groups excluding carboxylic acids is 1. The highest BCUT2D eigenvalue weighted by Crippen LogP contribution is 2.30. The van der Waals surface area contributed by atoms with E-state index in [2.05, 4.69) is 21.9 Å². The molecule has 0 bridgehead atoms. The lowest BCUT2D eigenvalue weighted by Crippen LogP contribution is -2.41. The molecule has 0 radical (unpaired) electrons. The van der Waals surface area contributed by atoms with Crippen LogP contribution in [0.15, 0.2) is 41.3 Å². The highest BCUT2D eigenvalue weighted by Gasteiger charge is 2.29. The third kappa shape index (κ3) is 4.79. The van der Waals surface area contributed by atoms with Crippen LogP contribution in [0.3, 0.4) is 0 Å². The zero-order valence-electron chi connectivity index (χ0n) is 18.3. The molecular weight excluding hydrogens is 446 g/mol. The van der Waals surface area contributed by atoms with Crippen LogP contribution in [0.4, 0.5) is 5.69 Å². The van der Waals surface area contributed by atoms with Gasteiger partial charge in [0.25, 0.3) is 5.91 Å². The van der Waals surface area contributed by atoms with Gasteiger partial charge in [-0.2, -0.15) is 0 Å². The van der Waals surface area contributed by atoms with Crippen LogP contribution in [-0.2, 0) is 10.0 Å². The van der Waals surface area contributed by atoms with Gasteiger partial charge in [0.15, 0.2) is 0 Å². The number of carbonyl (C=O) groups is 1. The summed E-state index contributed by atoms with van der Waals surface area (Å²) in [4.78, 5) is 17.3. The van der Waals surface area contributed by atoms with Crippen LogP contribution in [0.1, 0.15) is 48.0 Å². The second-order valence-corrected chi connectivity index (χ2v) is 11.1. The average Bonchev–Trinajstić information content (AvgIpc) is 3.14. The van der Waals surface area contributed by atoms with Crippen molar-refractivity contribution in [1.82, 2.24) is 9.71 Å². The summed E-state index contributed by atoms with van der Waals surface area (Å²) >= 11 is 1.55. The van der Waals surface area contributed by atoms with Crippen molar-refractivity contribution >= 4 is 43.2 Å². The minimum Gasteiger partial charge on any atom is -0.495 e. The van der Waals surface area contributed by atoms with Crippen molar-refractivity contribution < 1.29 is 17.9 Å². The normalized spacial score (nSPS) is 19.1. The smallest absolute Gasteiger partial charge is 0.255 e. The predicted molar refractivity (Wildman–Crippen MR) is 127 cm³/mol. The highest BCUT2D eigenvalue weighted by molar-refractivity contribution is 7.89. The molecule has 2 aromatic carbocycles. The SMILES string of the molecule is COc1ccc(C(=O)Nc2ccc3nc(C)sc3c2)cc1S(=O)(=O)NC1CCCCC1C. The Hall–Kier alpha value is -2.49. The molecule has 170 valence electrons. The Morgan fingerprint density at radius 3 is 2.69 bits per heavy atom. The molecule has 1 amide bonds. The van der Waals surface area contributed by atoms with E-state index in [9.17, 15) is 13.2 Å². The van der Waals surface area contributed by atoms with Crippen molar-refractivity contribution in [2.24, 2.45) is 5.92 Å². The zero-order chi connectivity index (χ0) is 22.9. The van der Waals surface area contributed by atoms with Crippen molar-refractivity contribution in [2.75, 3.05) is 12.4 Å². The standard InChI is InChI=1S/C23H27N3O4S2/c1-14-6-4-5-7-18(14)26-32(28,29)22-12-16(8-11-20(22)30-3)23(27)25-17-9-10-19-21(13-17)31-15(2)24-19/h8-14,18,26H,4-7H2,1-3H3,(H,25,27). The van der Waals surface area contributed by atoms with Crippen molar-refractivity contribution in [2.45, 2.75) is 50.5 Å². The molecule has 1 fully saturated rings. The fourth-order valence-corrected chi connectivity index (χ4v) is 6.54. The van der Waals surface area contributed by atoms with E-state index >= 15 is 0 Å². The molecule has 0 spiro atoms. The number of nitrogens with one attached hydrogen (secondary N) is 2. The molecule has 2 N–H and O–H groups in total. The van der Waals surface area contributed by atoms with E-state index in [1.807, 2.05) is 19.1 Å². The molecule has 0 aliphatic heterocycles. The number of anilines is 1. The van der Waals surface area contributed by atoms with E-state index in [0.29, 0.717) is 5.69 Å².